The van der Waals surface area contributed by atoms with E-state index in [1.807, 2.05) is 7.11 Å². The summed E-state index contributed by atoms with van der Waals surface area (Å²) in [5.41, 5.74) is 0.301. The molecule has 0 amide bonds. The Morgan fingerprint density at radius 1 is 1.28 bits per heavy atom. The molecule has 2 aliphatic rings. The SMILES string of the molecule is CCCN1CCC(NC2CC(OC)C2(C)C)CC1. The minimum atomic E-state index is 0.301. The maximum Gasteiger partial charge on any atom is 0.0652 e. The summed E-state index contributed by atoms with van der Waals surface area (Å²) in [6.45, 7) is 10.7. The van der Waals surface area contributed by atoms with Crippen molar-refractivity contribution in [1.29, 1.82) is 0 Å². The zero-order chi connectivity index (χ0) is 13.2. The minimum Gasteiger partial charge on any atom is -0.381 e. The van der Waals surface area contributed by atoms with Crippen LogP contribution in [0.4, 0.5) is 0 Å². The van der Waals surface area contributed by atoms with E-state index in [1.54, 1.807) is 0 Å². The Balaban J connectivity index is 1.73. The summed E-state index contributed by atoms with van der Waals surface area (Å²) in [5.74, 6) is 0. The van der Waals surface area contributed by atoms with Crippen molar-refractivity contribution in [3.05, 3.63) is 0 Å². The molecular formula is C15H30N2O. The zero-order valence-corrected chi connectivity index (χ0v) is 12.5. The Hall–Kier alpha value is -0.120. The van der Waals surface area contributed by atoms with Gasteiger partial charge < -0.3 is 15.0 Å². The van der Waals surface area contributed by atoms with E-state index >= 15 is 0 Å². The van der Waals surface area contributed by atoms with E-state index in [9.17, 15) is 0 Å². The molecule has 0 aromatic rings. The summed E-state index contributed by atoms with van der Waals surface area (Å²) in [5, 5.41) is 3.87. The predicted molar refractivity (Wildman–Crippen MR) is 75.9 cm³/mol. The second kappa shape index (κ2) is 5.89. The average Bonchev–Trinajstić information content (AvgIpc) is 2.36. The second-order valence-corrected chi connectivity index (χ2v) is 6.62. The molecule has 2 fully saturated rings. The molecule has 1 saturated heterocycles. The van der Waals surface area contributed by atoms with Crippen molar-refractivity contribution >= 4 is 0 Å². The van der Waals surface area contributed by atoms with Gasteiger partial charge >= 0.3 is 0 Å². The highest BCUT2D eigenvalue weighted by Gasteiger charge is 2.48. The van der Waals surface area contributed by atoms with Gasteiger partial charge in [0.15, 0.2) is 0 Å². The fourth-order valence-electron chi connectivity index (χ4n) is 3.49. The lowest BCUT2D eigenvalue weighted by atomic mass is 9.64. The molecule has 18 heavy (non-hydrogen) atoms. The number of rotatable bonds is 5. The molecule has 3 nitrogen and oxygen atoms in total. The van der Waals surface area contributed by atoms with Crippen molar-refractivity contribution in [2.75, 3.05) is 26.7 Å². The largest absolute Gasteiger partial charge is 0.381 e. The van der Waals surface area contributed by atoms with Gasteiger partial charge in [-0.1, -0.05) is 20.8 Å². The van der Waals surface area contributed by atoms with Crippen molar-refractivity contribution in [3.8, 4) is 0 Å². The third kappa shape index (κ3) is 2.89. The first-order valence-corrected chi connectivity index (χ1v) is 7.59. The van der Waals surface area contributed by atoms with Gasteiger partial charge in [0.25, 0.3) is 0 Å². The maximum atomic E-state index is 5.52. The molecule has 1 aliphatic heterocycles. The molecule has 0 bridgehead atoms. The van der Waals surface area contributed by atoms with Gasteiger partial charge in [-0.3, -0.25) is 0 Å². The first kappa shape index (κ1) is 14.3. The first-order valence-electron chi connectivity index (χ1n) is 7.59. The number of nitrogens with one attached hydrogen (secondary N) is 1. The fraction of sp³-hybridized carbons (Fsp3) is 1.00. The molecule has 2 rings (SSSR count). The molecule has 1 saturated carbocycles. The molecule has 106 valence electrons. The highest BCUT2D eigenvalue weighted by molar-refractivity contribution is 5.03. The third-order valence-electron chi connectivity index (χ3n) is 5.03. The van der Waals surface area contributed by atoms with Gasteiger partial charge in [0.1, 0.15) is 0 Å². The van der Waals surface area contributed by atoms with Gasteiger partial charge in [-0.2, -0.15) is 0 Å². The predicted octanol–water partition coefficient (Wildman–Crippen LogP) is 2.26. The van der Waals surface area contributed by atoms with Crippen molar-refractivity contribution in [3.63, 3.8) is 0 Å². The summed E-state index contributed by atoms with van der Waals surface area (Å²) >= 11 is 0. The van der Waals surface area contributed by atoms with Crippen LogP contribution in [0, 0.1) is 5.41 Å². The lowest BCUT2D eigenvalue weighted by Crippen LogP contribution is -2.63. The number of hydrogen-bond acceptors (Lipinski definition) is 3. The molecule has 1 aliphatic carbocycles. The second-order valence-electron chi connectivity index (χ2n) is 6.62. The van der Waals surface area contributed by atoms with Gasteiger partial charge in [-0.25, -0.2) is 0 Å². The Morgan fingerprint density at radius 2 is 1.94 bits per heavy atom. The molecule has 0 aromatic carbocycles. The number of piperidine rings is 1. The molecule has 0 radical (unpaired) electrons. The first-order chi connectivity index (χ1) is 8.57. The summed E-state index contributed by atoms with van der Waals surface area (Å²) in [7, 11) is 1.84. The standard InChI is InChI=1S/C15H30N2O/c1-5-8-17-9-6-12(7-10-17)16-13-11-14(18-4)15(13,2)3/h12-14,16H,5-11H2,1-4H3. The number of methoxy groups -OCH3 is 1. The third-order valence-corrected chi connectivity index (χ3v) is 5.03. The van der Waals surface area contributed by atoms with Crippen LogP contribution in [0.3, 0.4) is 0 Å². The van der Waals surface area contributed by atoms with E-state index in [0.717, 1.165) is 6.04 Å². The van der Waals surface area contributed by atoms with Crippen LogP contribution >= 0.6 is 0 Å². The molecule has 2 atom stereocenters. The molecule has 1 N–H and O–H groups in total. The van der Waals surface area contributed by atoms with Crippen molar-refractivity contribution in [2.24, 2.45) is 5.41 Å². The van der Waals surface area contributed by atoms with E-state index in [2.05, 4.69) is 31.0 Å². The highest BCUT2D eigenvalue weighted by Crippen LogP contribution is 2.42. The van der Waals surface area contributed by atoms with Gasteiger partial charge in [0.05, 0.1) is 6.10 Å². The summed E-state index contributed by atoms with van der Waals surface area (Å²) in [4.78, 5) is 2.60. The molecule has 1 heterocycles. The van der Waals surface area contributed by atoms with Crippen LogP contribution < -0.4 is 5.32 Å². The van der Waals surface area contributed by atoms with Crippen LogP contribution in [-0.2, 0) is 4.74 Å². The number of likely N-dealkylation sites (tertiary alicyclic amines) is 1. The molecule has 0 aromatic heterocycles. The van der Waals surface area contributed by atoms with Crippen molar-refractivity contribution in [1.82, 2.24) is 10.2 Å². The summed E-state index contributed by atoms with van der Waals surface area (Å²) in [6, 6.07) is 1.37. The van der Waals surface area contributed by atoms with E-state index in [-0.39, 0.29) is 0 Å². The Kier molecular flexibility index (Phi) is 4.68. The Morgan fingerprint density at radius 3 is 2.44 bits per heavy atom. The lowest BCUT2D eigenvalue weighted by molar-refractivity contribution is -0.102. The van der Waals surface area contributed by atoms with E-state index < -0.39 is 0 Å². The van der Waals surface area contributed by atoms with Crippen LogP contribution in [0.5, 0.6) is 0 Å². The quantitative estimate of drug-likeness (QED) is 0.814. The van der Waals surface area contributed by atoms with E-state index in [0.29, 0.717) is 17.6 Å². The Bertz CT molecular complexity index is 259. The van der Waals surface area contributed by atoms with Gasteiger partial charge in [-0.05, 0) is 45.3 Å². The smallest absolute Gasteiger partial charge is 0.0652 e. The monoisotopic (exact) mass is 254 g/mol. The Labute approximate surface area is 112 Å². The van der Waals surface area contributed by atoms with Crippen molar-refractivity contribution < 1.29 is 4.74 Å². The zero-order valence-electron chi connectivity index (χ0n) is 12.5. The molecular weight excluding hydrogens is 224 g/mol. The molecule has 3 heteroatoms. The van der Waals surface area contributed by atoms with E-state index in [4.69, 9.17) is 4.74 Å². The lowest BCUT2D eigenvalue weighted by Gasteiger charge is -2.53. The van der Waals surface area contributed by atoms with Crippen molar-refractivity contribution in [2.45, 2.75) is 64.6 Å². The maximum absolute atomic E-state index is 5.52. The minimum absolute atomic E-state index is 0.301. The van der Waals surface area contributed by atoms with E-state index in [1.165, 1.54) is 45.3 Å². The van der Waals surface area contributed by atoms with Crippen LogP contribution in [0.15, 0.2) is 0 Å². The highest BCUT2D eigenvalue weighted by atomic mass is 16.5. The fourth-order valence-corrected chi connectivity index (χ4v) is 3.49. The van der Waals surface area contributed by atoms with Gasteiger partial charge in [-0.15, -0.1) is 0 Å². The summed E-state index contributed by atoms with van der Waals surface area (Å²) in [6.07, 6.45) is 5.52. The van der Waals surface area contributed by atoms with Crippen LogP contribution in [0.2, 0.25) is 0 Å². The number of hydrogen-bond donors (Lipinski definition) is 1. The average molecular weight is 254 g/mol. The normalized spacial score (nSPS) is 33.3. The molecule has 0 spiro atoms. The number of nitrogens with zero attached hydrogens (tertiary/aromatic N) is 1. The van der Waals surface area contributed by atoms with Crippen LogP contribution in [-0.4, -0.2) is 49.8 Å². The van der Waals surface area contributed by atoms with Gasteiger partial charge in [0, 0.05) is 24.6 Å². The van der Waals surface area contributed by atoms with Gasteiger partial charge in [0.2, 0.25) is 0 Å². The topological polar surface area (TPSA) is 24.5 Å². The summed E-state index contributed by atoms with van der Waals surface area (Å²) < 4.78 is 5.52. The van der Waals surface area contributed by atoms with Crippen LogP contribution in [0.25, 0.3) is 0 Å². The number of ether oxygens (including phenoxy) is 1. The molecule has 2 unspecified atom stereocenters. The van der Waals surface area contributed by atoms with Crippen LogP contribution in [0.1, 0.15) is 46.5 Å².